The summed E-state index contributed by atoms with van der Waals surface area (Å²) >= 11 is 0. The molecule has 1 aliphatic carbocycles. The van der Waals surface area contributed by atoms with Crippen molar-refractivity contribution in [3.05, 3.63) is 95.3 Å². The van der Waals surface area contributed by atoms with E-state index in [9.17, 15) is 9.90 Å². The summed E-state index contributed by atoms with van der Waals surface area (Å²) in [5.41, 5.74) is 8.59. The number of ketones is 1. The van der Waals surface area contributed by atoms with Crippen LogP contribution in [0.25, 0.3) is 44.1 Å². The van der Waals surface area contributed by atoms with Crippen molar-refractivity contribution in [3.8, 4) is 22.4 Å². The molecule has 3 heterocycles. The first kappa shape index (κ1) is 42.1. The van der Waals surface area contributed by atoms with Crippen molar-refractivity contribution < 1.29 is 34.4 Å². The van der Waals surface area contributed by atoms with Gasteiger partial charge in [0, 0.05) is 84.2 Å². The Morgan fingerprint density at radius 1 is 0.925 bits per heavy atom. The number of furan rings is 1. The minimum atomic E-state index is -0.337. The third-order valence-corrected chi connectivity index (χ3v) is 11.8. The Morgan fingerprint density at radius 3 is 2.21 bits per heavy atom. The van der Waals surface area contributed by atoms with Gasteiger partial charge in [-0.25, -0.2) is 0 Å². The third kappa shape index (κ3) is 8.55. The van der Waals surface area contributed by atoms with Crippen molar-refractivity contribution >= 4 is 27.5 Å². The van der Waals surface area contributed by atoms with Crippen LogP contribution >= 0.6 is 0 Å². The third-order valence-electron chi connectivity index (χ3n) is 11.8. The van der Waals surface area contributed by atoms with Gasteiger partial charge in [-0.1, -0.05) is 105 Å². The van der Waals surface area contributed by atoms with Gasteiger partial charge in [0.1, 0.15) is 17.1 Å². The maximum atomic E-state index is 12.2. The molecule has 2 aromatic carbocycles. The number of pyridine rings is 2. The standard InChI is InChI=1S/C32H31N2O.C15H28O2.Ir/c1-19(2)14-22-17-33-18-26-23(22)10-11-28-29(26)25-12-13-34-30(31(25)35-28)21-15-20-8-6-7-9-24(20)27(16-21)32(3,4)5;1-7-14(5,8-2)12(16)11-13(17)15(6,9-3)10-4;/h6-9,12-13,16-19H,10-11,14H2,1-5H3;11,16H,7-10H2,1-6H3;/q-1;;/b;12-11-;. The van der Waals surface area contributed by atoms with Gasteiger partial charge in [0.15, 0.2) is 5.78 Å². The number of allylic oxidation sites excluding steroid dienone is 2. The van der Waals surface area contributed by atoms with E-state index in [-0.39, 0.29) is 47.9 Å². The van der Waals surface area contributed by atoms with Gasteiger partial charge in [-0.15, -0.1) is 29.1 Å². The summed E-state index contributed by atoms with van der Waals surface area (Å²) in [5, 5.41) is 13.6. The smallest absolute Gasteiger partial charge is 0.164 e. The summed E-state index contributed by atoms with van der Waals surface area (Å²) in [7, 11) is 0. The number of hydrogen-bond acceptors (Lipinski definition) is 5. The topological polar surface area (TPSA) is 76.2 Å². The number of aliphatic hydroxyl groups is 1. The number of carbonyl (C=O) groups is 1. The van der Waals surface area contributed by atoms with E-state index in [1.807, 2.05) is 53.9 Å². The number of aryl methyl sites for hydroxylation is 1. The van der Waals surface area contributed by atoms with Gasteiger partial charge >= 0.3 is 0 Å². The predicted molar refractivity (Wildman–Crippen MR) is 217 cm³/mol. The van der Waals surface area contributed by atoms with Gasteiger partial charge in [-0.05, 0) is 67.1 Å². The zero-order chi connectivity index (χ0) is 38.0. The number of rotatable bonds is 10. The SMILES string of the molecule is CC(C)Cc1cncc2c1CCc1oc3c(-c4[c-]c5ccccc5c(C(C)(C)C)c4)nccc3c1-2.CCC(C)(CC)C(=O)/C=C(\O)C(C)(CC)CC.[Ir]. The van der Waals surface area contributed by atoms with Crippen LogP contribution in [0.1, 0.15) is 124 Å². The van der Waals surface area contributed by atoms with Crippen LogP contribution in [0.4, 0.5) is 0 Å². The van der Waals surface area contributed by atoms with Gasteiger partial charge in [0.2, 0.25) is 0 Å². The molecule has 5 nitrogen and oxygen atoms in total. The monoisotopic (exact) mass is 892 g/mol. The zero-order valence-corrected chi connectivity index (χ0v) is 36.2. The molecule has 1 radical (unpaired) electrons. The molecule has 1 N–H and O–H groups in total. The molecular formula is C47H59IrN2O3-. The second-order valence-electron chi connectivity index (χ2n) is 16.7. The molecule has 5 aromatic rings. The van der Waals surface area contributed by atoms with Crippen LogP contribution in [0.15, 0.2) is 71.2 Å². The van der Waals surface area contributed by atoms with Crippen LogP contribution in [-0.4, -0.2) is 20.9 Å². The minimum Gasteiger partial charge on any atom is -0.512 e. The van der Waals surface area contributed by atoms with E-state index in [4.69, 9.17) is 9.40 Å². The van der Waals surface area contributed by atoms with E-state index in [2.05, 4.69) is 88.3 Å². The van der Waals surface area contributed by atoms with Gasteiger partial charge in [-0.2, -0.15) is 0 Å². The van der Waals surface area contributed by atoms with Gasteiger partial charge in [-0.3, -0.25) is 14.8 Å². The van der Waals surface area contributed by atoms with E-state index in [1.54, 1.807) is 0 Å². The van der Waals surface area contributed by atoms with Crippen molar-refractivity contribution in [2.45, 2.75) is 127 Å². The molecule has 0 fully saturated rings. The molecule has 53 heavy (non-hydrogen) atoms. The Bertz CT molecular complexity index is 2090. The molecule has 0 saturated carbocycles. The van der Waals surface area contributed by atoms with E-state index < -0.39 is 0 Å². The maximum absolute atomic E-state index is 12.2. The summed E-state index contributed by atoms with van der Waals surface area (Å²) < 4.78 is 6.58. The summed E-state index contributed by atoms with van der Waals surface area (Å²) in [5.74, 6) is 1.93. The van der Waals surface area contributed by atoms with E-state index >= 15 is 0 Å². The fourth-order valence-electron chi connectivity index (χ4n) is 7.29. The van der Waals surface area contributed by atoms with Gasteiger partial charge in [0.25, 0.3) is 0 Å². The fourth-order valence-corrected chi connectivity index (χ4v) is 7.29. The molecule has 0 spiro atoms. The Hall–Kier alpha value is -3.60. The van der Waals surface area contributed by atoms with Crippen LogP contribution in [0.3, 0.4) is 0 Å². The van der Waals surface area contributed by atoms with E-state index in [0.717, 1.165) is 78.3 Å². The zero-order valence-electron chi connectivity index (χ0n) is 33.8. The van der Waals surface area contributed by atoms with E-state index in [1.165, 1.54) is 39.3 Å². The Morgan fingerprint density at radius 2 is 1.58 bits per heavy atom. The van der Waals surface area contributed by atoms with E-state index in [0.29, 0.717) is 5.92 Å². The maximum Gasteiger partial charge on any atom is 0.164 e. The fraction of sp³-hybridized carbons (Fsp3) is 0.468. The van der Waals surface area contributed by atoms with Crippen LogP contribution < -0.4 is 0 Å². The van der Waals surface area contributed by atoms with Gasteiger partial charge in [0.05, 0.1) is 0 Å². The number of fused-ring (bicyclic) bond motifs is 6. The number of aliphatic hydroxyl groups excluding tert-OH is 1. The molecule has 3 aromatic heterocycles. The molecule has 0 amide bonds. The van der Waals surface area contributed by atoms with Crippen molar-refractivity contribution in [1.82, 2.24) is 9.97 Å². The van der Waals surface area contributed by atoms with Crippen molar-refractivity contribution in [2.75, 3.05) is 0 Å². The molecule has 0 saturated heterocycles. The number of carbonyl (C=O) groups excluding carboxylic acids is 1. The second kappa shape index (κ2) is 16.8. The normalized spacial score (nSPS) is 13.3. The van der Waals surface area contributed by atoms with Crippen molar-refractivity contribution in [1.29, 1.82) is 0 Å². The molecule has 6 rings (SSSR count). The molecular weight excluding hydrogens is 833 g/mol. The number of benzene rings is 2. The number of hydrogen-bond donors (Lipinski definition) is 1. The summed E-state index contributed by atoms with van der Waals surface area (Å²) in [6.07, 6.45) is 13.7. The Kier molecular flexibility index (Phi) is 13.4. The summed E-state index contributed by atoms with van der Waals surface area (Å²) in [6, 6.07) is 16.5. The average molecular weight is 892 g/mol. The second-order valence-corrected chi connectivity index (χ2v) is 16.7. The first-order valence-electron chi connectivity index (χ1n) is 19.4. The first-order chi connectivity index (χ1) is 24.6. The van der Waals surface area contributed by atoms with Crippen LogP contribution in [0.5, 0.6) is 0 Å². The molecule has 0 aliphatic heterocycles. The minimum absolute atomic E-state index is 0. The quantitative estimate of drug-likeness (QED) is 0.0859. The van der Waals surface area contributed by atoms with Crippen LogP contribution in [0, 0.1) is 22.8 Å². The summed E-state index contributed by atoms with van der Waals surface area (Å²) in [4.78, 5) is 21.6. The molecule has 285 valence electrons. The number of aromatic nitrogens is 2. The van der Waals surface area contributed by atoms with Crippen LogP contribution in [-0.2, 0) is 49.6 Å². The molecule has 0 unspecified atom stereocenters. The van der Waals surface area contributed by atoms with Gasteiger partial charge < -0.3 is 9.52 Å². The molecule has 0 atom stereocenters. The number of nitrogens with zero attached hydrogens (tertiary/aromatic N) is 2. The molecule has 0 bridgehead atoms. The van der Waals surface area contributed by atoms with Crippen molar-refractivity contribution in [2.24, 2.45) is 16.7 Å². The summed E-state index contributed by atoms with van der Waals surface area (Å²) in [6.45, 7) is 23.4. The Balaban J connectivity index is 0.000000299. The molecule has 1 aliphatic rings. The average Bonchev–Trinajstić information content (AvgIpc) is 3.53. The predicted octanol–water partition coefficient (Wildman–Crippen LogP) is 12.8. The van der Waals surface area contributed by atoms with Crippen LogP contribution in [0.2, 0.25) is 0 Å². The van der Waals surface area contributed by atoms with Crippen molar-refractivity contribution in [3.63, 3.8) is 0 Å². The molecule has 6 heteroatoms. The largest absolute Gasteiger partial charge is 0.512 e. The Labute approximate surface area is 331 Å². The first-order valence-corrected chi connectivity index (χ1v) is 19.4.